The van der Waals surface area contributed by atoms with Crippen molar-refractivity contribution < 1.29 is 9.59 Å². The van der Waals surface area contributed by atoms with Gasteiger partial charge in [0, 0.05) is 36.7 Å². The molecule has 0 spiro atoms. The second-order valence-corrected chi connectivity index (χ2v) is 8.32. The van der Waals surface area contributed by atoms with Crippen molar-refractivity contribution >= 4 is 33.8 Å². The summed E-state index contributed by atoms with van der Waals surface area (Å²) in [6.45, 7) is 6.14. The summed E-state index contributed by atoms with van der Waals surface area (Å²) in [5.41, 5.74) is 1.40. The van der Waals surface area contributed by atoms with Crippen LogP contribution < -0.4 is 0 Å². The minimum absolute atomic E-state index is 0.0230. The van der Waals surface area contributed by atoms with Crippen LogP contribution in [-0.4, -0.2) is 47.8 Å². The van der Waals surface area contributed by atoms with Crippen LogP contribution in [-0.2, 0) is 15.0 Å². The molecular formula is C23H25BrN2O2. The number of rotatable bonds is 4. The molecule has 2 aromatic carbocycles. The number of carbonyl (C=O) groups excluding carboxylic acids is 2. The number of piperazine rings is 1. The molecule has 2 amide bonds. The average Bonchev–Trinajstić information content (AvgIpc) is 2.73. The normalized spacial score (nSPS) is 15.1. The van der Waals surface area contributed by atoms with E-state index in [1.165, 1.54) is 0 Å². The van der Waals surface area contributed by atoms with Crippen molar-refractivity contribution in [1.29, 1.82) is 0 Å². The first-order valence-electron chi connectivity index (χ1n) is 9.46. The van der Waals surface area contributed by atoms with Crippen molar-refractivity contribution in [1.82, 2.24) is 9.80 Å². The van der Waals surface area contributed by atoms with E-state index in [2.05, 4.69) is 15.9 Å². The molecule has 1 aliphatic heterocycles. The Balaban J connectivity index is 1.59. The largest absolute Gasteiger partial charge is 0.338 e. The topological polar surface area (TPSA) is 40.6 Å². The predicted octanol–water partition coefficient (Wildman–Crippen LogP) is 4.11. The molecule has 3 rings (SSSR count). The van der Waals surface area contributed by atoms with Crippen molar-refractivity contribution in [3.05, 3.63) is 76.3 Å². The molecule has 5 heteroatoms. The van der Waals surface area contributed by atoms with Gasteiger partial charge in [-0.25, -0.2) is 0 Å². The van der Waals surface area contributed by atoms with Gasteiger partial charge in [0.05, 0.1) is 5.41 Å². The van der Waals surface area contributed by atoms with Crippen LogP contribution in [0.4, 0.5) is 0 Å². The second-order valence-electron chi connectivity index (χ2n) is 7.46. The summed E-state index contributed by atoms with van der Waals surface area (Å²) < 4.78 is 0.956. The molecule has 0 aliphatic carbocycles. The van der Waals surface area contributed by atoms with Crippen LogP contribution in [0.25, 0.3) is 6.08 Å². The Labute approximate surface area is 175 Å². The van der Waals surface area contributed by atoms with Crippen LogP contribution in [0.3, 0.4) is 0 Å². The Bertz CT molecular complexity index is 869. The third kappa shape index (κ3) is 4.53. The second kappa shape index (κ2) is 8.74. The molecule has 0 bridgehead atoms. The fourth-order valence-corrected chi connectivity index (χ4v) is 3.80. The third-order valence-corrected chi connectivity index (χ3v) is 5.94. The summed E-state index contributed by atoms with van der Waals surface area (Å²) in [7, 11) is 0. The Hall–Kier alpha value is -2.40. The SMILES string of the molecule is CC(C)(C(=O)N1CCN(C(=O)/C=C/c2ccccc2Br)CC1)c1ccccc1. The monoisotopic (exact) mass is 440 g/mol. The van der Waals surface area contributed by atoms with E-state index in [0.29, 0.717) is 26.2 Å². The zero-order valence-electron chi connectivity index (χ0n) is 16.3. The first-order chi connectivity index (χ1) is 13.4. The molecule has 1 aliphatic rings. The van der Waals surface area contributed by atoms with Crippen LogP contribution >= 0.6 is 15.9 Å². The number of halogens is 1. The van der Waals surface area contributed by atoms with E-state index in [9.17, 15) is 9.59 Å². The van der Waals surface area contributed by atoms with Crippen molar-refractivity contribution in [2.24, 2.45) is 0 Å². The van der Waals surface area contributed by atoms with E-state index in [1.807, 2.05) is 79.4 Å². The van der Waals surface area contributed by atoms with Crippen LogP contribution in [0.2, 0.25) is 0 Å². The molecule has 0 atom stereocenters. The summed E-state index contributed by atoms with van der Waals surface area (Å²) in [6.07, 6.45) is 3.42. The standard InChI is InChI=1S/C23H25BrN2O2/c1-23(2,19-9-4-3-5-10-19)22(28)26-16-14-25(15-17-26)21(27)13-12-18-8-6-7-11-20(18)24/h3-13H,14-17H2,1-2H3/b13-12+. The van der Waals surface area contributed by atoms with Gasteiger partial charge in [-0.2, -0.15) is 0 Å². The highest BCUT2D eigenvalue weighted by atomic mass is 79.9. The Morgan fingerprint density at radius 1 is 0.893 bits per heavy atom. The first-order valence-corrected chi connectivity index (χ1v) is 10.3. The number of nitrogens with zero attached hydrogens (tertiary/aromatic N) is 2. The lowest BCUT2D eigenvalue weighted by Gasteiger charge is -2.38. The number of amides is 2. The lowest BCUT2D eigenvalue weighted by Crippen LogP contribution is -2.54. The van der Waals surface area contributed by atoms with Crippen molar-refractivity contribution in [3.63, 3.8) is 0 Å². The molecule has 1 saturated heterocycles. The van der Waals surface area contributed by atoms with Crippen molar-refractivity contribution in [3.8, 4) is 0 Å². The number of carbonyl (C=O) groups is 2. The number of hydrogen-bond acceptors (Lipinski definition) is 2. The van der Waals surface area contributed by atoms with Gasteiger partial charge in [-0.05, 0) is 37.1 Å². The molecule has 4 nitrogen and oxygen atoms in total. The highest BCUT2D eigenvalue weighted by Gasteiger charge is 2.35. The molecule has 28 heavy (non-hydrogen) atoms. The van der Waals surface area contributed by atoms with Gasteiger partial charge in [-0.1, -0.05) is 64.5 Å². The summed E-state index contributed by atoms with van der Waals surface area (Å²) >= 11 is 3.48. The first kappa shape index (κ1) is 20.3. The molecule has 0 saturated carbocycles. The zero-order chi connectivity index (χ0) is 20.1. The molecule has 1 heterocycles. The molecule has 0 radical (unpaired) electrons. The lowest BCUT2D eigenvalue weighted by molar-refractivity contribution is -0.141. The van der Waals surface area contributed by atoms with Gasteiger partial charge in [0.1, 0.15) is 0 Å². The summed E-state index contributed by atoms with van der Waals surface area (Å²) in [6, 6.07) is 17.6. The molecular weight excluding hydrogens is 416 g/mol. The van der Waals surface area contributed by atoms with Gasteiger partial charge in [0.2, 0.25) is 11.8 Å². The Morgan fingerprint density at radius 3 is 2.11 bits per heavy atom. The maximum absolute atomic E-state index is 13.0. The third-order valence-electron chi connectivity index (χ3n) is 5.22. The Morgan fingerprint density at radius 2 is 1.46 bits per heavy atom. The maximum atomic E-state index is 13.0. The van der Waals surface area contributed by atoms with E-state index >= 15 is 0 Å². The van der Waals surface area contributed by atoms with Gasteiger partial charge >= 0.3 is 0 Å². The summed E-state index contributed by atoms with van der Waals surface area (Å²) in [4.78, 5) is 29.2. The fourth-order valence-electron chi connectivity index (χ4n) is 3.38. The van der Waals surface area contributed by atoms with Gasteiger partial charge < -0.3 is 9.80 Å². The predicted molar refractivity (Wildman–Crippen MR) is 116 cm³/mol. The van der Waals surface area contributed by atoms with E-state index in [-0.39, 0.29) is 11.8 Å². The van der Waals surface area contributed by atoms with Crippen molar-refractivity contribution in [2.45, 2.75) is 19.3 Å². The summed E-state index contributed by atoms with van der Waals surface area (Å²) in [5, 5.41) is 0. The van der Waals surface area contributed by atoms with E-state index < -0.39 is 5.41 Å². The molecule has 0 unspecified atom stereocenters. The van der Waals surface area contributed by atoms with Crippen LogP contribution in [0.5, 0.6) is 0 Å². The van der Waals surface area contributed by atoms with E-state index in [0.717, 1.165) is 15.6 Å². The van der Waals surface area contributed by atoms with Crippen LogP contribution in [0.1, 0.15) is 25.0 Å². The highest BCUT2D eigenvalue weighted by Crippen LogP contribution is 2.26. The van der Waals surface area contributed by atoms with E-state index in [4.69, 9.17) is 0 Å². The summed E-state index contributed by atoms with van der Waals surface area (Å²) in [5.74, 6) is 0.0831. The van der Waals surface area contributed by atoms with Gasteiger partial charge in [-0.3, -0.25) is 9.59 Å². The quantitative estimate of drug-likeness (QED) is 0.671. The average molecular weight is 441 g/mol. The molecule has 0 N–H and O–H groups in total. The van der Waals surface area contributed by atoms with E-state index in [1.54, 1.807) is 11.0 Å². The zero-order valence-corrected chi connectivity index (χ0v) is 17.9. The fraction of sp³-hybridized carbons (Fsp3) is 0.304. The van der Waals surface area contributed by atoms with Crippen LogP contribution in [0.15, 0.2) is 65.1 Å². The molecule has 2 aromatic rings. The number of hydrogen-bond donors (Lipinski definition) is 0. The lowest BCUT2D eigenvalue weighted by atomic mass is 9.83. The van der Waals surface area contributed by atoms with Crippen LogP contribution in [0, 0.1) is 0 Å². The molecule has 0 aromatic heterocycles. The van der Waals surface area contributed by atoms with Crippen molar-refractivity contribution in [2.75, 3.05) is 26.2 Å². The molecule has 1 fully saturated rings. The van der Waals surface area contributed by atoms with Gasteiger partial charge in [0.25, 0.3) is 0 Å². The minimum atomic E-state index is -0.576. The van der Waals surface area contributed by atoms with Gasteiger partial charge in [-0.15, -0.1) is 0 Å². The highest BCUT2D eigenvalue weighted by molar-refractivity contribution is 9.10. The Kier molecular flexibility index (Phi) is 6.35. The maximum Gasteiger partial charge on any atom is 0.246 e. The number of benzene rings is 2. The minimum Gasteiger partial charge on any atom is -0.338 e. The smallest absolute Gasteiger partial charge is 0.246 e. The van der Waals surface area contributed by atoms with Gasteiger partial charge in [0.15, 0.2) is 0 Å². The molecule has 146 valence electrons.